The third kappa shape index (κ3) is 3.51. The number of carboxylic acid groups (broad SMARTS) is 1. The summed E-state index contributed by atoms with van der Waals surface area (Å²) in [7, 11) is 0. The fourth-order valence-corrected chi connectivity index (χ4v) is 2.98. The molecule has 116 valence electrons. The lowest BCUT2D eigenvalue weighted by molar-refractivity contribution is -0.137. The highest BCUT2D eigenvalue weighted by Crippen LogP contribution is 2.31. The minimum absolute atomic E-state index is 0.0375. The first-order valence-corrected chi connectivity index (χ1v) is 7.09. The van der Waals surface area contributed by atoms with Crippen molar-refractivity contribution in [3.05, 3.63) is 34.9 Å². The molecule has 0 bridgehead atoms. The number of hydrogen-bond donors (Lipinski definition) is 1. The molecule has 1 aromatic carbocycles. The van der Waals surface area contributed by atoms with Crippen LogP contribution in [0, 0.1) is 11.5 Å². The maximum absolute atomic E-state index is 12.8. The number of rotatable bonds is 3. The van der Waals surface area contributed by atoms with E-state index in [0.717, 1.165) is 18.2 Å². The Morgan fingerprint density at radius 2 is 2.23 bits per heavy atom. The van der Waals surface area contributed by atoms with Crippen LogP contribution in [-0.4, -0.2) is 33.4 Å². The van der Waals surface area contributed by atoms with Gasteiger partial charge in [-0.1, -0.05) is 11.8 Å². The summed E-state index contributed by atoms with van der Waals surface area (Å²) in [5.74, 6) is -0.656. The third-order valence-corrected chi connectivity index (χ3v) is 4.03. The van der Waals surface area contributed by atoms with E-state index in [9.17, 15) is 18.0 Å². The van der Waals surface area contributed by atoms with Gasteiger partial charge in [0.15, 0.2) is 5.17 Å². The van der Waals surface area contributed by atoms with Crippen LogP contribution in [-0.2, 0) is 12.7 Å². The Bertz CT molecular complexity index is 667. The first-order valence-electron chi connectivity index (χ1n) is 6.11. The van der Waals surface area contributed by atoms with Gasteiger partial charge < -0.3 is 10.0 Å². The fraction of sp³-hybridized carbons (Fsp3) is 0.308. The molecule has 1 aromatic rings. The van der Waals surface area contributed by atoms with Crippen LogP contribution in [0.2, 0.25) is 0 Å². The summed E-state index contributed by atoms with van der Waals surface area (Å²) in [5, 5.41) is 18.1. The van der Waals surface area contributed by atoms with Gasteiger partial charge in [-0.2, -0.15) is 18.4 Å². The van der Waals surface area contributed by atoms with Crippen molar-refractivity contribution in [2.75, 3.05) is 12.3 Å². The first-order chi connectivity index (χ1) is 10.3. The molecule has 0 amide bonds. The van der Waals surface area contributed by atoms with Gasteiger partial charge in [0.05, 0.1) is 11.1 Å². The Kier molecular flexibility index (Phi) is 4.61. The number of aliphatic imine (C=N–C) groups is 1. The molecule has 0 saturated carbocycles. The largest absolute Gasteiger partial charge is 0.478 e. The Hall–Kier alpha value is -2.21. The van der Waals surface area contributed by atoms with E-state index in [4.69, 9.17) is 10.4 Å². The molecule has 9 heteroatoms. The van der Waals surface area contributed by atoms with Gasteiger partial charge in [-0.25, -0.2) is 4.79 Å². The Labute approximate surface area is 128 Å². The molecule has 1 fully saturated rings. The molecule has 2 rings (SSSR count). The molecule has 5 nitrogen and oxygen atoms in total. The molecule has 1 heterocycles. The lowest BCUT2D eigenvalue weighted by atomic mass is 10.0. The van der Waals surface area contributed by atoms with Crippen LogP contribution in [0.4, 0.5) is 13.2 Å². The van der Waals surface area contributed by atoms with Gasteiger partial charge in [-0.15, -0.1) is 4.99 Å². The lowest BCUT2D eigenvalue weighted by Crippen LogP contribution is -2.25. The molecule has 22 heavy (non-hydrogen) atoms. The first kappa shape index (κ1) is 16.2. The summed E-state index contributed by atoms with van der Waals surface area (Å²) >= 11 is 1.30. The average Bonchev–Trinajstić information content (AvgIpc) is 2.85. The molecule has 0 spiro atoms. The molecule has 0 unspecified atom stereocenters. The number of nitrogens with zero attached hydrogens (tertiary/aromatic N) is 3. The van der Waals surface area contributed by atoms with E-state index in [1.54, 1.807) is 11.1 Å². The topological polar surface area (TPSA) is 76.7 Å². The number of nitriles is 1. The molecule has 0 radical (unpaired) electrons. The molecule has 0 atom stereocenters. The molecular weight excluding hydrogens is 319 g/mol. The minimum Gasteiger partial charge on any atom is -0.478 e. The summed E-state index contributed by atoms with van der Waals surface area (Å²) in [6, 6.07) is 2.53. The van der Waals surface area contributed by atoms with Gasteiger partial charge in [0, 0.05) is 18.8 Å². The van der Waals surface area contributed by atoms with E-state index < -0.39 is 17.7 Å². The van der Waals surface area contributed by atoms with Crippen molar-refractivity contribution in [2.24, 2.45) is 4.99 Å². The van der Waals surface area contributed by atoms with E-state index in [2.05, 4.69) is 4.99 Å². The number of alkyl halides is 3. The SMILES string of the molecule is N#C/N=C1\SCCN1Cc1cc(C(F)(F)F)ccc1C(=O)O. The van der Waals surface area contributed by atoms with E-state index >= 15 is 0 Å². The monoisotopic (exact) mass is 329 g/mol. The standard InChI is InChI=1S/C13H10F3N3O2S/c14-13(15,16)9-1-2-10(11(20)21)8(5-9)6-19-3-4-22-12(19)18-7-17/h1-2,5H,3-4,6H2,(H,20,21)/b18-12-. The molecule has 0 aromatic heterocycles. The zero-order valence-corrected chi connectivity index (χ0v) is 11.9. The molecule has 1 aliphatic rings. The molecular formula is C13H10F3N3O2S. The van der Waals surface area contributed by atoms with Crippen molar-refractivity contribution in [3.63, 3.8) is 0 Å². The van der Waals surface area contributed by atoms with Gasteiger partial charge in [0.1, 0.15) is 0 Å². The highest BCUT2D eigenvalue weighted by Gasteiger charge is 2.32. The predicted molar refractivity (Wildman–Crippen MR) is 74.3 cm³/mol. The summed E-state index contributed by atoms with van der Waals surface area (Å²) < 4.78 is 38.3. The molecule has 1 N–H and O–H groups in total. The number of benzene rings is 1. The normalized spacial score (nSPS) is 16.8. The van der Waals surface area contributed by atoms with Crippen LogP contribution >= 0.6 is 11.8 Å². The van der Waals surface area contributed by atoms with E-state index in [0.29, 0.717) is 17.5 Å². The fourth-order valence-electron chi connectivity index (χ4n) is 2.04. The smallest absolute Gasteiger partial charge is 0.416 e. The predicted octanol–water partition coefficient (Wildman–Crippen LogP) is 2.79. The summed E-state index contributed by atoms with van der Waals surface area (Å²) in [5.41, 5.74) is -1.06. The quantitative estimate of drug-likeness (QED) is 0.863. The highest BCUT2D eigenvalue weighted by atomic mass is 32.2. The van der Waals surface area contributed by atoms with Gasteiger partial charge >= 0.3 is 12.1 Å². The van der Waals surface area contributed by atoms with Crippen molar-refractivity contribution in [3.8, 4) is 6.19 Å². The van der Waals surface area contributed by atoms with Crippen LogP contribution in [0.25, 0.3) is 0 Å². The second-order valence-electron chi connectivity index (χ2n) is 4.44. The maximum atomic E-state index is 12.8. The van der Waals surface area contributed by atoms with Crippen LogP contribution in [0.5, 0.6) is 0 Å². The van der Waals surface area contributed by atoms with E-state index in [-0.39, 0.29) is 17.7 Å². The number of hydrogen-bond acceptors (Lipinski definition) is 4. The summed E-state index contributed by atoms with van der Waals surface area (Å²) in [6.45, 7) is 0.444. The second-order valence-corrected chi connectivity index (χ2v) is 5.50. The van der Waals surface area contributed by atoms with Crippen LogP contribution < -0.4 is 0 Å². The summed E-state index contributed by atoms with van der Waals surface area (Å²) in [4.78, 5) is 16.4. The number of aromatic carboxylic acids is 1. The number of thioether (sulfide) groups is 1. The average molecular weight is 329 g/mol. The Morgan fingerprint density at radius 1 is 1.50 bits per heavy atom. The van der Waals surface area contributed by atoms with Gasteiger partial charge in [0.25, 0.3) is 0 Å². The highest BCUT2D eigenvalue weighted by molar-refractivity contribution is 8.14. The van der Waals surface area contributed by atoms with E-state index in [1.807, 2.05) is 0 Å². The number of carboxylic acids is 1. The van der Waals surface area contributed by atoms with Crippen molar-refractivity contribution in [2.45, 2.75) is 12.7 Å². The van der Waals surface area contributed by atoms with Gasteiger partial charge in [0.2, 0.25) is 6.19 Å². The van der Waals surface area contributed by atoms with Crippen molar-refractivity contribution >= 4 is 22.9 Å². The van der Waals surface area contributed by atoms with Crippen molar-refractivity contribution in [1.82, 2.24) is 4.90 Å². The van der Waals surface area contributed by atoms with Gasteiger partial charge in [-0.3, -0.25) is 0 Å². The van der Waals surface area contributed by atoms with Crippen LogP contribution in [0.15, 0.2) is 23.2 Å². The molecule has 1 aliphatic heterocycles. The minimum atomic E-state index is -4.55. The molecule has 1 saturated heterocycles. The Balaban J connectivity index is 2.38. The number of amidine groups is 1. The number of carbonyl (C=O) groups is 1. The Morgan fingerprint density at radius 3 is 2.82 bits per heavy atom. The van der Waals surface area contributed by atoms with Gasteiger partial charge in [-0.05, 0) is 23.8 Å². The molecule has 0 aliphatic carbocycles. The van der Waals surface area contributed by atoms with Crippen molar-refractivity contribution in [1.29, 1.82) is 5.26 Å². The van der Waals surface area contributed by atoms with Crippen LogP contribution in [0.1, 0.15) is 21.5 Å². The van der Waals surface area contributed by atoms with E-state index in [1.165, 1.54) is 11.8 Å². The maximum Gasteiger partial charge on any atom is 0.416 e. The summed E-state index contributed by atoms with van der Waals surface area (Å²) in [6.07, 6.45) is -2.92. The zero-order valence-electron chi connectivity index (χ0n) is 11.1. The second kappa shape index (κ2) is 6.27. The third-order valence-electron chi connectivity index (χ3n) is 3.03. The number of halogens is 3. The van der Waals surface area contributed by atoms with Crippen molar-refractivity contribution < 1.29 is 23.1 Å². The zero-order chi connectivity index (χ0) is 16.3. The lowest BCUT2D eigenvalue weighted by Gasteiger charge is -2.19. The van der Waals surface area contributed by atoms with Crippen LogP contribution in [0.3, 0.4) is 0 Å².